The van der Waals surface area contributed by atoms with Crippen LogP contribution in [0.1, 0.15) is 64.9 Å². The number of ether oxygens (including phenoxy) is 1. The molecule has 0 aromatic heterocycles. The van der Waals surface area contributed by atoms with Crippen molar-refractivity contribution < 1.29 is 19.1 Å². The zero-order valence-electron chi connectivity index (χ0n) is 21.7. The topological polar surface area (TPSA) is 91.0 Å². The Kier molecular flexibility index (Phi) is 9.95. The second-order valence-corrected chi connectivity index (χ2v) is 9.95. The van der Waals surface area contributed by atoms with Crippen molar-refractivity contribution in [2.45, 2.75) is 90.1 Å². The standard InChI is InChI=1S/C27H42N4O4/c1-5-6-8-11-19(2)24(29-25(32)20(3)28-4)26(33)30-16-14-23-22(30)15-17-31(23)27(34)35-18-21-12-9-7-10-13-21/h7,9-10,12-13,19-20,22-24,28H,5-6,8,11,14-18H2,1-4H3,(H,29,32). The molecule has 2 heterocycles. The van der Waals surface area contributed by atoms with Crippen LogP contribution in [0.3, 0.4) is 0 Å². The summed E-state index contributed by atoms with van der Waals surface area (Å²) in [6, 6.07) is 8.63. The summed E-state index contributed by atoms with van der Waals surface area (Å²) in [6.07, 6.45) is 5.28. The zero-order valence-corrected chi connectivity index (χ0v) is 21.7. The van der Waals surface area contributed by atoms with E-state index in [4.69, 9.17) is 4.74 Å². The predicted octanol–water partition coefficient (Wildman–Crippen LogP) is 3.31. The van der Waals surface area contributed by atoms with E-state index in [1.807, 2.05) is 35.2 Å². The van der Waals surface area contributed by atoms with Crippen LogP contribution in [0.5, 0.6) is 0 Å². The van der Waals surface area contributed by atoms with Gasteiger partial charge in [0.1, 0.15) is 12.6 Å². The Labute approximate surface area is 209 Å². The van der Waals surface area contributed by atoms with Gasteiger partial charge in [-0.2, -0.15) is 0 Å². The van der Waals surface area contributed by atoms with Gasteiger partial charge < -0.3 is 25.2 Å². The summed E-state index contributed by atoms with van der Waals surface area (Å²) in [6.45, 7) is 7.41. The minimum atomic E-state index is -0.562. The molecule has 2 N–H and O–H groups in total. The van der Waals surface area contributed by atoms with E-state index in [-0.39, 0.29) is 48.6 Å². The minimum Gasteiger partial charge on any atom is -0.445 e. The van der Waals surface area contributed by atoms with Gasteiger partial charge in [0.15, 0.2) is 0 Å². The summed E-state index contributed by atoms with van der Waals surface area (Å²) in [4.78, 5) is 42.9. The van der Waals surface area contributed by atoms with Gasteiger partial charge in [-0.05, 0) is 44.7 Å². The lowest BCUT2D eigenvalue weighted by molar-refractivity contribution is -0.139. The van der Waals surface area contributed by atoms with E-state index in [9.17, 15) is 14.4 Å². The summed E-state index contributed by atoms with van der Waals surface area (Å²) < 4.78 is 5.57. The number of fused-ring (bicyclic) bond motifs is 1. The molecule has 8 nitrogen and oxygen atoms in total. The molecular weight excluding hydrogens is 444 g/mol. The molecule has 0 spiro atoms. The van der Waals surface area contributed by atoms with Crippen LogP contribution < -0.4 is 10.6 Å². The Morgan fingerprint density at radius 3 is 2.34 bits per heavy atom. The number of benzene rings is 1. The van der Waals surface area contributed by atoms with Crippen molar-refractivity contribution >= 4 is 17.9 Å². The van der Waals surface area contributed by atoms with Gasteiger partial charge >= 0.3 is 6.09 Å². The lowest BCUT2D eigenvalue weighted by Gasteiger charge is -2.32. The molecule has 3 amide bonds. The van der Waals surface area contributed by atoms with Crippen molar-refractivity contribution in [3.05, 3.63) is 35.9 Å². The van der Waals surface area contributed by atoms with Crippen LogP contribution in [0.25, 0.3) is 0 Å². The number of likely N-dealkylation sites (tertiary alicyclic amines) is 2. The lowest BCUT2D eigenvalue weighted by Crippen LogP contribution is -2.56. The number of nitrogens with one attached hydrogen (secondary N) is 2. The van der Waals surface area contributed by atoms with Crippen LogP contribution in [0.15, 0.2) is 30.3 Å². The van der Waals surface area contributed by atoms with E-state index in [1.54, 1.807) is 18.9 Å². The number of carbonyl (C=O) groups is 3. The van der Waals surface area contributed by atoms with Crippen LogP contribution in [-0.4, -0.2) is 72.0 Å². The molecule has 5 atom stereocenters. The molecule has 194 valence electrons. The Morgan fingerprint density at radius 2 is 1.69 bits per heavy atom. The maximum atomic E-state index is 13.8. The molecule has 8 heteroatoms. The molecule has 0 bridgehead atoms. The molecule has 0 saturated carbocycles. The molecule has 1 aromatic carbocycles. The molecule has 2 fully saturated rings. The molecule has 0 radical (unpaired) electrons. The molecule has 1 aromatic rings. The van der Waals surface area contributed by atoms with E-state index >= 15 is 0 Å². The Hall–Kier alpha value is -2.61. The summed E-state index contributed by atoms with van der Waals surface area (Å²) in [7, 11) is 1.74. The summed E-state index contributed by atoms with van der Waals surface area (Å²) in [5, 5.41) is 5.98. The number of hydrogen-bond acceptors (Lipinski definition) is 5. The molecule has 35 heavy (non-hydrogen) atoms. The molecule has 0 aliphatic carbocycles. The minimum absolute atomic E-state index is 0.0299. The van der Waals surface area contributed by atoms with Crippen LogP contribution in [-0.2, 0) is 20.9 Å². The van der Waals surface area contributed by atoms with Crippen molar-refractivity contribution in [1.29, 1.82) is 0 Å². The highest BCUT2D eigenvalue weighted by atomic mass is 16.6. The first kappa shape index (κ1) is 27.0. The first-order chi connectivity index (χ1) is 16.9. The number of carbonyl (C=O) groups excluding carboxylic acids is 3. The Bertz CT molecular complexity index is 849. The van der Waals surface area contributed by atoms with Crippen LogP contribution in [0.4, 0.5) is 4.79 Å². The summed E-state index contributed by atoms with van der Waals surface area (Å²) >= 11 is 0. The third-order valence-electron chi connectivity index (χ3n) is 7.52. The number of nitrogens with zero attached hydrogens (tertiary/aromatic N) is 2. The van der Waals surface area contributed by atoms with E-state index < -0.39 is 6.04 Å². The fourth-order valence-corrected chi connectivity index (χ4v) is 5.21. The predicted molar refractivity (Wildman–Crippen MR) is 136 cm³/mol. The monoisotopic (exact) mass is 486 g/mol. The largest absolute Gasteiger partial charge is 0.445 e. The molecule has 3 rings (SSSR count). The summed E-state index contributed by atoms with van der Waals surface area (Å²) in [5.74, 6) is -0.159. The third kappa shape index (κ3) is 6.75. The fraction of sp³-hybridized carbons (Fsp3) is 0.667. The molecule has 5 unspecified atom stereocenters. The maximum Gasteiger partial charge on any atom is 0.410 e. The number of likely N-dealkylation sites (N-methyl/N-ethyl adjacent to an activating group) is 1. The lowest BCUT2D eigenvalue weighted by atomic mass is 9.93. The Balaban J connectivity index is 1.64. The van der Waals surface area contributed by atoms with Gasteiger partial charge in [-0.25, -0.2) is 4.79 Å². The van der Waals surface area contributed by atoms with Gasteiger partial charge in [0, 0.05) is 13.1 Å². The van der Waals surface area contributed by atoms with Gasteiger partial charge in [-0.15, -0.1) is 0 Å². The van der Waals surface area contributed by atoms with Crippen molar-refractivity contribution in [2.75, 3.05) is 20.1 Å². The number of hydrogen-bond donors (Lipinski definition) is 2. The zero-order chi connectivity index (χ0) is 25.4. The average Bonchev–Trinajstić information content (AvgIpc) is 3.48. The first-order valence-corrected chi connectivity index (χ1v) is 13.1. The van der Waals surface area contributed by atoms with Crippen molar-refractivity contribution in [3.63, 3.8) is 0 Å². The molecule has 2 aliphatic rings. The quantitative estimate of drug-likeness (QED) is 0.469. The maximum absolute atomic E-state index is 13.8. The van der Waals surface area contributed by atoms with E-state index in [1.165, 1.54) is 0 Å². The number of rotatable bonds is 11. The van der Waals surface area contributed by atoms with E-state index in [0.29, 0.717) is 13.1 Å². The number of amides is 3. The molecular formula is C27H42N4O4. The highest BCUT2D eigenvalue weighted by molar-refractivity contribution is 5.90. The SMILES string of the molecule is CCCCCC(C)C(NC(=O)C(C)NC)C(=O)N1CCC2C1CCN2C(=O)OCc1ccccc1. The highest BCUT2D eigenvalue weighted by Gasteiger charge is 2.48. The fourth-order valence-electron chi connectivity index (χ4n) is 5.21. The van der Waals surface area contributed by atoms with Gasteiger partial charge in [0.2, 0.25) is 11.8 Å². The average molecular weight is 487 g/mol. The van der Waals surface area contributed by atoms with Crippen LogP contribution >= 0.6 is 0 Å². The van der Waals surface area contributed by atoms with Crippen molar-refractivity contribution in [2.24, 2.45) is 5.92 Å². The summed E-state index contributed by atoms with van der Waals surface area (Å²) in [5.41, 5.74) is 0.950. The molecule has 2 saturated heterocycles. The van der Waals surface area contributed by atoms with Gasteiger partial charge in [0.25, 0.3) is 0 Å². The third-order valence-corrected chi connectivity index (χ3v) is 7.52. The van der Waals surface area contributed by atoms with E-state index in [0.717, 1.165) is 44.1 Å². The van der Waals surface area contributed by atoms with Crippen molar-refractivity contribution in [1.82, 2.24) is 20.4 Å². The van der Waals surface area contributed by atoms with Crippen LogP contribution in [0, 0.1) is 5.92 Å². The van der Waals surface area contributed by atoms with Gasteiger partial charge in [0.05, 0.1) is 18.1 Å². The van der Waals surface area contributed by atoms with Gasteiger partial charge in [-0.3, -0.25) is 9.59 Å². The first-order valence-electron chi connectivity index (χ1n) is 13.1. The Morgan fingerprint density at radius 1 is 1.03 bits per heavy atom. The second-order valence-electron chi connectivity index (χ2n) is 9.95. The van der Waals surface area contributed by atoms with Gasteiger partial charge in [-0.1, -0.05) is 63.4 Å². The highest BCUT2D eigenvalue weighted by Crippen LogP contribution is 2.33. The second kappa shape index (κ2) is 12.9. The normalized spacial score (nSPS) is 21.8. The van der Waals surface area contributed by atoms with Crippen LogP contribution in [0.2, 0.25) is 0 Å². The van der Waals surface area contributed by atoms with Crippen molar-refractivity contribution in [3.8, 4) is 0 Å². The molecule has 2 aliphatic heterocycles. The smallest absolute Gasteiger partial charge is 0.410 e. The number of unbranched alkanes of at least 4 members (excludes halogenated alkanes) is 2. The van der Waals surface area contributed by atoms with E-state index in [2.05, 4.69) is 24.5 Å².